The fraction of sp³-hybridized carbons (Fsp3) is 0.533. The molecule has 1 fully saturated rings. The molecule has 2 aromatic heterocycles. The van der Waals surface area contributed by atoms with E-state index in [-0.39, 0.29) is 23.9 Å². The van der Waals surface area contributed by atoms with Crippen molar-refractivity contribution in [3.8, 4) is 0 Å². The number of aryl methyl sites for hydroxylation is 1. The van der Waals surface area contributed by atoms with Crippen LogP contribution in [0.25, 0.3) is 0 Å². The summed E-state index contributed by atoms with van der Waals surface area (Å²) in [5.74, 6) is -0.0959. The molecule has 9 heteroatoms. The van der Waals surface area contributed by atoms with Gasteiger partial charge in [-0.3, -0.25) is 14.3 Å². The zero-order valence-electron chi connectivity index (χ0n) is 13.8. The van der Waals surface area contributed by atoms with Crippen LogP contribution in [0.5, 0.6) is 0 Å². The molecule has 24 heavy (non-hydrogen) atoms. The van der Waals surface area contributed by atoms with Gasteiger partial charge in [0, 0.05) is 32.4 Å². The summed E-state index contributed by atoms with van der Waals surface area (Å²) in [7, 11) is 1.77. The van der Waals surface area contributed by atoms with E-state index < -0.39 is 0 Å². The minimum atomic E-state index is -0.367. The molecule has 1 atom stereocenters. The summed E-state index contributed by atoms with van der Waals surface area (Å²) in [6.45, 7) is 3.05. The Morgan fingerprint density at radius 2 is 2.04 bits per heavy atom. The van der Waals surface area contributed by atoms with Crippen LogP contribution in [0.3, 0.4) is 0 Å². The minimum absolute atomic E-state index is 0.0255. The number of amides is 2. The predicted molar refractivity (Wildman–Crippen MR) is 85.0 cm³/mol. The van der Waals surface area contributed by atoms with E-state index in [9.17, 15) is 9.59 Å². The third-order valence-electron chi connectivity index (χ3n) is 4.30. The summed E-state index contributed by atoms with van der Waals surface area (Å²) in [5, 5.41) is 11.0. The molecular weight excluding hydrogens is 310 g/mol. The van der Waals surface area contributed by atoms with Crippen LogP contribution in [-0.2, 0) is 11.8 Å². The van der Waals surface area contributed by atoms with Crippen LogP contribution in [0.2, 0.25) is 0 Å². The highest BCUT2D eigenvalue weighted by molar-refractivity contribution is 5.93. The number of nitrogens with one attached hydrogen (secondary N) is 1. The Bertz CT molecular complexity index is 701. The summed E-state index contributed by atoms with van der Waals surface area (Å²) in [6.07, 6.45) is 7.68. The van der Waals surface area contributed by atoms with Gasteiger partial charge in [-0.2, -0.15) is 10.2 Å². The molecule has 0 bridgehead atoms. The molecule has 0 spiro atoms. The predicted octanol–water partition coefficient (Wildman–Crippen LogP) is -0.00640. The highest BCUT2D eigenvalue weighted by Gasteiger charge is 2.28. The van der Waals surface area contributed by atoms with Crippen LogP contribution >= 0.6 is 0 Å². The van der Waals surface area contributed by atoms with E-state index in [0.29, 0.717) is 18.7 Å². The van der Waals surface area contributed by atoms with Crippen molar-refractivity contribution in [2.75, 3.05) is 13.1 Å². The van der Waals surface area contributed by atoms with Gasteiger partial charge in [-0.05, 0) is 19.8 Å². The number of rotatable bonds is 4. The second-order valence-electron chi connectivity index (χ2n) is 6.03. The number of carbonyl (C=O) groups excluding carboxylic acids is 2. The molecule has 2 amide bonds. The van der Waals surface area contributed by atoms with Gasteiger partial charge in [0.25, 0.3) is 5.91 Å². The molecule has 3 heterocycles. The van der Waals surface area contributed by atoms with E-state index in [4.69, 9.17) is 0 Å². The van der Waals surface area contributed by atoms with Crippen LogP contribution in [0.1, 0.15) is 36.2 Å². The van der Waals surface area contributed by atoms with Crippen LogP contribution < -0.4 is 5.32 Å². The molecule has 1 aliphatic heterocycles. The number of nitrogens with zero attached hydrogens (tertiary/aromatic N) is 6. The molecule has 1 N–H and O–H groups in total. The van der Waals surface area contributed by atoms with E-state index in [1.165, 1.54) is 6.33 Å². The first-order chi connectivity index (χ1) is 11.5. The van der Waals surface area contributed by atoms with Gasteiger partial charge in [0.15, 0.2) is 0 Å². The van der Waals surface area contributed by atoms with Crippen LogP contribution in [-0.4, -0.2) is 60.4 Å². The molecule has 0 unspecified atom stereocenters. The first-order valence-electron chi connectivity index (χ1n) is 7.97. The standard InChI is InChI=1S/C15H21N7O2/c1-11(22-10-16-9-18-22)15(24)21-5-3-13(4-6-21)19-14(23)12-7-17-20(2)8-12/h7-11,13H,3-6H2,1-2H3,(H,19,23)/t11-/m0/s1. The van der Waals surface area contributed by atoms with Gasteiger partial charge in [-0.25, -0.2) is 9.67 Å². The molecule has 1 saturated heterocycles. The fourth-order valence-electron chi connectivity index (χ4n) is 2.85. The third kappa shape index (κ3) is 3.44. The van der Waals surface area contributed by atoms with Gasteiger partial charge in [-0.1, -0.05) is 0 Å². The molecule has 9 nitrogen and oxygen atoms in total. The molecule has 0 aliphatic carbocycles. The molecule has 128 valence electrons. The SMILES string of the molecule is C[C@@H](C(=O)N1CCC(NC(=O)c2cnn(C)c2)CC1)n1cncn1. The lowest BCUT2D eigenvalue weighted by molar-refractivity contribution is -0.135. The maximum Gasteiger partial charge on any atom is 0.254 e. The largest absolute Gasteiger partial charge is 0.349 e. The van der Waals surface area contributed by atoms with Gasteiger partial charge < -0.3 is 10.2 Å². The first-order valence-corrected chi connectivity index (χ1v) is 7.97. The summed E-state index contributed by atoms with van der Waals surface area (Å²) in [6, 6.07) is -0.294. The normalized spacial score (nSPS) is 16.8. The number of carbonyl (C=O) groups is 2. The molecule has 3 rings (SSSR count). The Morgan fingerprint density at radius 3 is 2.62 bits per heavy atom. The lowest BCUT2D eigenvalue weighted by Crippen LogP contribution is -2.48. The fourth-order valence-corrected chi connectivity index (χ4v) is 2.85. The Hall–Kier alpha value is -2.71. The maximum atomic E-state index is 12.5. The summed E-state index contributed by atoms with van der Waals surface area (Å²) < 4.78 is 3.15. The number of hydrogen-bond donors (Lipinski definition) is 1. The van der Waals surface area contributed by atoms with E-state index in [1.807, 2.05) is 11.8 Å². The maximum absolute atomic E-state index is 12.5. The van der Waals surface area contributed by atoms with Gasteiger partial charge in [0.1, 0.15) is 18.7 Å². The van der Waals surface area contributed by atoms with Gasteiger partial charge >= 0.3 is 0 Å². The van der Waals surface area contributed by atoms with Crippen molar-refractivity contribution >= 4 is 11.8 Å². The summed E-state index contributed by atoms with van der Waals surface area (Å²) in [5.41, 5.74) is 0.552. The highest BCUT2D eigenvalue weighted by atomic mass is 16.2. The van der Waals surface area contributed by atoms with Crippen molar-refractivity contribution in [1.82, 2.24) is 34.8 Å². The molecule has 1 aliphatic rings. The average molecular weight is 331 g/mol. The quantitative estimate of drug-likeness (QED) is 0.850. The van der Waals surface area contributed by atoms with E-state index in [2.05, 4.69) is 20.5 Å². The Balaban J connectivity index is 1.50. The van der Waals surface area contributed by atoms with Crippen LogP contribution in [0.4, 0.5) is 0 Å². The summed E-state index contributed by atoms with van der Waals surface area (Å²) in [4.78, 5) is 30.3. The smallest absolute Gasteiger partial charge is 0.254 e. The minimum Gasteiger partial charge on any atom is -0.349 e. The summed E-state index contributed by atoms with van der Waals surface area (Å²) >= 11 is 0. The molecule has 0 saturated carbocycles. The van der Waals surface area contributed by atoms with E-state index in [1.54, 1.807) is 35.1 Å². The lowest BCUT2D eigenvalue weighted by atomic mass is 10.0. The molecule has 0 radical (unpaired) electrons. The topological polar surface area (TPSA) is 97.9 Å². The number of aromatic nitrogens is 5. The Kier molecular flexibility index (Phi) is 4.59. The van der Waals surface area contributed by atoms with Gasteiger partial charge in [0.2, 0.25) is 5.91 Å². The first kappa shape index (κ1) is 16.2. The second kappa shape index (κ2) is 6.81. The zero-order chi connectivity index (χ0) is 17.1. The average Bonchev–Trinajstić information content (AvgIpc) is 3.26. The molecule has 2 aromatic rings. The molecule has 0 aromatic carbocycles. The van der Waals surface area contributed by atoms with Crippen LogP contribution in [0.15, 0.2) is 25.0 Å². The number of likely N-dealkylation sites (tertiary alicyclic amines) is 1. The van der Waals surface area contributed by atoms with Crippen LogP contribution in [0, 0.1) is 0 Å². The van der Waals surface area contributed by atoms with Crippen molar-refractivity contribution in [2.45, 2.75) is 31.8 Å². The van der Waals surface area contributed by atoms with Gasteiger partial charge in [-0.15, -0.1) is 0 Å². The highest BCUT2D eigenvalue weighted by Crippen LogP contribution is 2.16. The Morgan fingerprint density at radius 1 is 1.29 bits per heavy atom. The van der Waals surface area contributed by atoms with Crippen molar-refractivity contribution in [3.05, 3.63) is 30.6 Å². The number of piperidine rings is 1. The van der Waals surface area contributed by atoms with Crippen molar-refractivity contribution < 1.29 is 9.59 Å². The van der Waals surface area contributed by atoms with Gasteiger partial charge in [0.05, 0.1) is 11.8 Å². The lowest BCUT2D eigenvalue weighted by Gasteiger charge is -2.33. The third-order valence-corrected chi connectivity index (χ3v) is 4.30. The van der Waals surface area contributed by atoms with Crippen molar-refractivity contribution in [1.29, 1.82) is 0 Å². The van der Waals surface area contributed by atoms with Crippen molar-refractivity contribution in [3.63, 3.8) is 0 Å². The van der Waals surface area contributed by atoms with Crippen molar-refractivity contribution in [2.24, 2.45) is 7.05 Å². The monoisotopic (exact) mass is 331 g/mol. The molecular formula is C15H21N7O2. The van der Waals surface area contributed by atoms with E-state index in [0.717, 1.165) is 12.8 Å². The van der Waals surface area contributed by atoms with E-state index >= 15 is 0 Å². The second-order valence-corrected chi connectivity index (χ2v) is 6.03. The number of hydrogen-bond acceptors (Lipinski definition) is 5. The zero-order valence-corrected chi connectivity index (χ0v) is 13.8. The Labute approximate surface area is 139 Å².